The van der Waals surface area contributed by atoms with E-state index in [2.05, 4.69) is 5.32 Å². The van der Waals surface area contributed by atoms with Crippen LogP contribution in [-0.2, 0) is 14.4 Å². The summed E-state index contributed by atoms with van der Waals surface area (Å²) >= 11 is 1.51. The summed E-state index contributed by atoms with van der Waals surface area (Å²) in [4.78, 5) is 51.1. The van der Waals surface area contributed by atoms with Gasteiger partial charge in [0, 0.05) is 6.07 Å². The average Bonchev–Trinajstić information content (AvgIpc) is 3.38. The number of imide groups is 1. The van der Waals surface area contributed by atoms with E-state index in [0.29, 0.717) is 12.2 Å². The quantitative estimate of drug-likeness (QED) is 0.317. The maximum Gasteiger partial charge on any atom is 0.292 e. The second kappa shape index (κ2) is 7.62. The molecule has 1 aromatic rings. The first-order valence-electron chi connectivity index (χ1n) is 9.52. The lowest BCUT2D eigenvalue weighted by atomic mass is 9.85. The summed E-state index contributed by atoms with van der Waals surface area (Å²) in [6, 6.07) is 4.85. The monoisotopic (exact) mass is 415 g/mol. The molecule has 1 N–H and O–H groups in total. The maximum absolute atomic E-state index is 13.1. The third-order valence-corrected chi connectivity index (χ3v) is 6.72. The first-order valence-corrected chi connectivity index (χ1v) is 10.9. The van der Waals surface area contributed by atoms with E-state index in [0.717, 1.165) is 11.3 Å². The van der Waals surface area contributed by atoms with Crippen molar-refractivity contribution >= 4 is 40.9 Å². The van der Waals surface area contributed by atoms with Crippen molar-refractivity contribution in [2.45, 2.75) is 18.9 Å². The molecule has 1 aliphatic heterocycles. The smallest absolute Gasteiger partial charge is 0.292 e. The molecular weight excluding hydrogens is 394 g/mol. The number of para-hydroxylation sites is 2. The van der Waals surface area contributed by atoms with Crippen LogP contribution in [0, 0.1) is 33.8 Å². The van der Waals surface area contributed by atoms with Crippen molar-refractivity contribution in [3.63, 3.8) is 0 Å². The number of rotatable bonds is 7. The molecule has 1 heterocycles. The Morgan fingerprint density at radius 2 is 1.86 bits per heavy atom. The molecule has 3 amide bonds. The number of hydrogen-bond donors (Lipinski definition) is 1. The summed E-state index contributed by atoms with van der Waals surface area (Å²) in [7, 11) is 0. The van der Waals surface area contributed by atoms with Crippen LogP contribution in [0.4, 0.5) is 11.4 Å². The van der Waals surface area contributed by atoms with Crippen LogP contribution >= 0.6 is 11.8 Å². The van der Waals surface area contributed by atoms with Crippen molar-refractivity contribution in [3.8, 4) is 0 Å². The third-order valence-electron chi connectivity index (χ3n) is 6.07. The molecule has 8 nitrogen and oxygen atoms in total. The number of nitrogens with one attached hydrogen (secondary N) is 1. The van der Waals surface area contributed by atoms with E-state index < -0.39 is 16.9 Å². The minimum atomic E-state index is -0.979. The number of likely N-dealkylation sites (tertiary alicyclic amines) is 1. The fourth-order valence-electron chi connectivity index (χ4n) is 4.79. The number of nitro benzene ring substituents is 1. The Bertz CT molecular complexity index is 887. The van der Waals surface area contributed by atoms with Gasteiger partial charge in [-0.3, -0.25) is 29.4 Å². The van der Waals surface area contributed by atoms with Crippen LogP contribution in [0.2, 0.25) is 0 Å². The lowest BCUT2D eigenvalue weighted by Crippen LogP contribution is -2.48. The fourth-order valence-corrected chi connectivity index (χ4v) is 5.25. The SMILES string of the molecule is CSCCC(C(=O)Nc1ccccc1[N+](=O)[O-])N1C(=O)C2C3C=CC(C3)C2C1=O. The summed E-state index contributed by atoms with van der Waals surface area (Å²) in [5.41, 5.74) is -0.180. The van der Waals surface area contributed by atoms with Crippen molar-refractivity contribution < 1.29 is 19.3 Å². The van der Waals surface area contributed by atoms with Crippen molar-refractivity contribution in [1.29, 1.82) is 0 Å². The molecule has 3 aliphatic rings. The van der Waals surface area contributed by atoms with Gasteiger partial charge in [0.1, 0.15) is 11.7 Å². The molecule has 29 heavy (non-hydrogen) atoms. The molecule has 5 atom stereocenters. The van der Waals surface area contributed by atoms with E-state index in [1.807, 2.05) is 18.4 Å². The van der Waals surface area contributed by atoms with Gasteiger partial charge in [-0.05, 0) is 42.8 Å². The number of allylic oxidation sites excluding steroid dienone is 2. The Labute approximate surface area is 171 Å². The molecule has 2 fully saturated rings. The molecule has 152 valence electrons. The molecule has 4 rings (SSSR count). The van der Waals surface area contributed by atoms with Crippen molar-refractivity contribution in [3.05, 3.63) is 46.5 Å². The molecule has 1 saturated heterocycles. The van der Waals surface area contributed by atoms with E-state index in [1.165, 1.54) is 30.0 Å². The molecule has 0 radical (unpaired) electrons. The molecule has 9 heteroatoms. The number of thioether (sulfide) groups is 1. The lowest BCUT2D eigenvalue weighted by molar-refractivity contribution is -0.383. The normalized spacial score (nSPS) is 28.0. The predicted octanol–water partition coefficient (Wildman–Crippen LogP) is 2.46. The molecule has 5 unspecified atom stereocenters. The third kappa shape index (κ3) is 3.23. The highest BCUT2D eigenvalue weighted by molar-refractivity contribution is 7.98. The number of nitro groups is 1. The number of nitrogens with zero attached hydrogens (tertiary/aromatic N) is 2. The van der Waals surface area contributed by atoms with E-state index in [9.17, 15) is 24.5 Å². The maximum atomic E-state index is 13.1. The van der Waals surface area contributed by atoms with Gasteiger partial charge in [0.2, 0.25) is 17.7 Å². The van der Waals surface area contributed by atoms with Crippen LogP contribution in [0.1, 0.15) is 12.8 Å². The molecule has 0 aromatic heterocycles. The van der Waals surface area contributed by atoms with Gasteiger partial charge in [-0.15, -0.1) is 0 Å². The number of fused-ring (bicyclic) bond motifs is 5. The number of hydrogen-bond acceptors (Lipinski definition) is 6. The molecule has 1 aromatic carbocycles. The van der Waals surface area contributed by atoms with Crippen molar-refractivity contribution in [2.75, 3.05) is 17.3 Å². The lowest BCUT2D eigenvalue weighted by Gasteiger charge is -2.26. The van der Waals surface area contributed by atoms with Gasteiger partial charge < -0.3 is 5.32 Å². The summed E-state index contributed by atoms with van der Waals surface area (Å²) in [6.45, 7) is 0. The topological polar surface area (TPSA) is 110 Å². The van der Waals surface area contributed by atoms with Crippen LogP contribution in [0.5, 0.6) is 0 Å². The molecule has 2 bridgehead atoms. The number of amides is 3. The van der Waals surface area contributed by atoms with E-state index in [-0.39, 0.29) is 46.9 Å². The number of anilines is 1. The summed E-state index contributed by atoms with van der Waals surface area (Å²) in [5.74, 6) is -1.22. The van der Waals surface area contributed by atoms with Crippen LogP contribution in [0.15, 0.2) is 36.4 Å². The Kier molecular flexibility index (Phi) is 5.16. The Balaban J connectivity index is 1.60. The van der Waals surface area contributed by atoms with Crippen molar-refractivity contribution in [1.82, 2.24) is 4.90 Å². The summed E-state index contributed by atoms with van der Waals surface area (Å²) < 4.78 is 0. The largest absolute Gasteiger partial charge is 0.319 e. The fraction of sp³-hybridized carbons (Fsp3) is 0.450. The van der Waals surface area contributed by atoms with E-state index in [4.69, 9.17) is 0 Å². The highest BCUT2D eigenvalue weighted by Gasteiger charge is 2.61. The number of carbonyl (C=O) groups excluding carboxylic acids is 3. The number of carbonyl (C=O) groups is 3. The molecule has 0 spiro atoms. The summed E-state index contributed by atoms with van der Waals surface area (Å²) in [5, 5.41) is 13.8. The van der Waals surface area contributed by atoms with Gasteiger partial charge in [0.15, 0.2) is 0 Å². The zero-order chi connectivity index (χ0) is 20.7. The van der Waals surface area contributed by atoms with Gasteiger partial charge in [0.05, 0.1) is 16.8 Å². The first kappa shape index (κ1) is 19.6. The first-order chi connectivity index (χ1) is 13.9. The van der Waals surface area contributed by atoms with Gasteiger partial charge in [0.25, 0.3) is 5.69 Å². The minimum absolute atomic E-state index is 0.0534. The van der Waals surface area contributed by atoms with E-state index >= 15 is 0 Å². The Morgan fingerprint density at radius 1 is 1.24 bits per heavy atom. The van der Waals surface area contributed by atoms with Crippen LogP contribution in [-0.4, -0.2) is 45.6 Å². The second-order valence-corrected chi connectivity index (χ2v) is 8.59. The minimum Gasteiger partial charge on any atom is -0.319 e. The second-order valence-electron chi connectivity index (χ2n) is 7.61. The molecular formula is C20H21N3O5S. The standard InChI is InChI=1S/C20H21N3O5S/c1-29-9-8-15(18(24)21-13-4-2-3-5-14(13)23(27)28)22-19(25)16-11-6-7-12(10-11)17(16)20(22)26/h2-7,11-12,15-17H,8-10H2,1H3,(H,21,24). The Hall–Kier alpha value is -2.68. The number of benzene rings is 1. The molecule has 1 saturated carbocycles. The van der Waals surface area contributed by atoms with Gasteiger partial charge >= 0.3 is 0 Å². The predicted molar refractivity (Wildman–Crippen MR) is 108 cm³/mol. The van der Waals surface area contributed by atoms with E-state index in [1.54, 1.807) is 6.07 Å². The highest BCUT2D eigenvalue weighted by atomic mass is 32.2. The zero-order valence-electron chi connectivity index (χ0n) is 15.8. The van der Waals surface area contributed by atoms with Crippen LogP contribution < -0.4 is 5.32 Å². The molecule has 2 aliphatic carbocycles. The van der Waals surface area contributed by atoms with Gasteiger partial charge in [-0.2, -0.15) is 11.8 Å². The van der Waals surface area contributed by atoms with Crippen LogP contribution in [0.3, 0.4) is 0 Å². The zero-order valence-corrected chi connectivity index (χ0v) is 16.6. The van der Waals surface area contributed by atoms with Crippen molar-refractivity contribution in [2.24, 2.45) is 23.7 Å². The van der Waals surface area contributed by atoms with Gasteiger partial charge in [-0.25, -0.2) is 0 Å². The average molecular weight is 415 g/mol. The Morgan fingerprint density at radius 3 is 2.45 bits per heavy atom. The highest BCUT2D eigenvalue weighted by Crippen LogP contribution is 2.53. The van der Waals surface area contributed by atoms with Gasteiger partial charge in [-0.1, -0.05) is 24.3 Å². The van der Waals surface area contributed by atoms with Crippen LogP contribution in [0.25, 0.3) is 0 Å². The summed E-state index contributed by atoms with van der Waals surface area (Å²) in [6.07, 6.45) is 7.00.